The minimum absolute atomic E-state index is 0.434. The summed E-state index contributed by atoms with van der Waals surface area (Å²) in [6.07, 6.45) is 3.55. The third kappa shape index (κ3) is 3.08. The van der Waals surface area contributed by atoms with Gasteiger partial charge in [-0.3, -0.25) is 0 Å². The number of hydrogen-bond acceptors (Lipinski definition) is 7. The monoisotopic (exact) mass is 349 g/mol. The summed E-state index contributed by atoms with van der Waals surface area (Å²) in [5, 5.41) is 11.5. The van der Waals surface area contributed by atoms with E-state index in [-0.39, 0.29) is 0 Å². The lowest BCUT2D eigenvalue weighted by atomic mass is 10.1. The number of para-hydroxylation sites is 1. The van der Waals surface area contributed by atoms with Crippen molar-refractivity contribution in [2.24, 2.45) is 5.84 Å². The van der Waals surface area contributed by atoms with Gasteiger partial charge in [-0.25, -0.2) is 10.5 Å². The first-order chi connectivity index (χ1) is 12.3. The first-order valence-electron chi connectivity index (χ1n) is 7.58. The molecule has 0 amide bonds. The van der Waals surface area contributed by atoms with Gasteiger partial charge in [0.1, 0.15) is 0 Å². The Labute approximate surface area is 148 Å². The van der Waals surface area contributed by atoms with Crippen molar-refractivity contribution in [3.8, 4) is 16.9 Å². The lowest BCUT2D eigenvalue weighted by Gasteiger charge is -2.15. The van der Waals surface area contributed by atoms with Crippen molar-refractivity contribution >= 4 is 28.8 Å². The van der Waals surface area contributed by atoms with Crippen molar-refractivity contribution in [2.75, 3.05) is 10.7 Å². The quantitative estimate of drug-likeness (QED) is 0.377. The number of benzene rings is 1. The second-order valence-corrected chi connectivity index (χ2v) is 5.97. The first kappa shape index (κ1) is 15.3. The highest BCUT2D eigenvalue weighted by Gasteiger charge is 2.18. The number of nitrogens with one attached hydrogen (secondary N) is 2. The molecule has 1 aromatic carbocycles. The van der Waals surface area contributed by atoms with E-state index in [1.54, 1.807) is 22.2 Å². The zero-order chi connectivity index (χ0) is 17.1. The molecule has 0 bridgehead atoms. The molecule has 4 N–H and O–H groups in total. The topological polar surface area (TPSA) is 93.7 Å². The van der Waals surface area contributed by atoms with E-state index in [0.717, 1.165) is 16.8 Å². The van der Waals surface area contributed by atoms with Gasteiger partial charge in [0.25, 0.3) is 0 Å². The van der Waals surface area contributed by atoms with Gasteiger partial charge in [0.05, 0.1) is 5.56 Å². The van der Waals surface area contributed by atoms with Crippen LogP contribution >= 0.6 is 11.3 Å². The smallest absolute Gasteiger partial charge is 0.231 e. The lowest BCUT2D eigenvalue weighted by molar-refractivity contribution is 0.844. The highest BCUT2D eigenvalue weighted by atomic mass is 32.1. The van der Waals surface area contributed by atoms with Crippen molar-refractivity contribution in [1.29, 1.82) is 0 Å². The number of hydrazine groups is 1. The van der Waals surface area contributed by atoms with Gasteiger partial charge in [-0.2, -0.15) is 26.4 Å². The Morgan fingerprint density at radius 1 is 1.04 bits per heavy atom. The van der Waals surface area contributed by atoms with Crippen LogP contribution in [0.15, 0.2) is 65.6 Å². The van der Waals surface area contributed by atoms with Crippen LogP contribution in [-0.2, 0) is 0 Å². The van der Waals surface area contributed by atoms with Crippen LogP contribution in [0.3, 0.4) is 0 Å². The average molecular weight is 349 g/mol. The number of anilines is 3. The lowest BCUT2D eigenvalue weighted by Crippen LogP contribution is -2.14. The van der Waals surface area contributed by atoms with Crippen molar-refractivity contribution in [2.45, 2.75) is 0 Å². The van der Waals surface area contributed by atoms with E-state index >= 15 is 0 Å². The van der Waals surface area contributed by atoms with E-state index in [2.05, 4.69) is 25.8 Å². The zero-order valence-electron chi connectivity index (χ0n) is 13.1. The van der Waals surface area contributed by atoms with E-state index in [1.807, 2.05) is 59.4 Å². The molecule has 0 aliphatic rings. The molecule has 3 aromatic heterocycles. The van der Waals surface area contributed by atoms with Crippen LogP contribution in [0, 0.1) is 0 Å². The molecule has 0 spiro atoms. The summed E-state index contributed by atoms with van der Waals surface area (Å²) in [6, 6.07) is 13.6. The summed E-state index contributed by atoms with van der Waals surface area (Å²) in [7, 11) is 0. The summed E-state index contributed by atoms with van der Waals surface area (Å²) in [5.41, 5.74) is 5.35. The van der Waals surface area contributed by atoms with E-state index in [1.165, 1.54) is 0 Å². The van der Waals surface area contributed by atoms with Crippen LogP contribution in [-0.4, -0.2) is 19.7 Å². The van der Waals surface area contributed by atoms with Crippen molar-refractivity contribution in [3.05, 3.63) is 65.6 Å². The molecule has 3 heterocycles. The van der Waals surface area contributed by atoms with Crippen molar-refractivity contribution < 1.29 is 0 Å². The molecule has 4 aromatic rings. The van der Waals surface area contributed by atoms with Gasteiger partial charge in [0.15, 0.2) is 11.6 Å². The Morgan fingerprint density at radius 3 is 2.60 bits per heavy atom. The second-order valence-electron chi connectivity index (χ2n) is 5.19. The van der Waals surface area contributed by atoms with Crippen molar-refractivity contribution in [3.63, 3.8) is 0 Å². The van der Waals surface area contributed by atoms with Gasteiger partial charge in [-0.05, 0) is 40.6 Å². The second kappa shape index (κ2) is 6.71. The Balaban J connectivity index is 1.87. The van der Waals surface area contributed by atoms with Gasteiger partial charge in [0, 0.05) is 18.1 Å². The summed E-state index contributed by atoms with van der Waals surface area (Å²) in [6.45, 7) is 0. The third-order valence-electron chi connectivity index (χ3n) is 3.59. The molecule has 0 aliphatic carbocycles. The molecule has 7 nitrogen and oxygen atoms in total. The SMILES string of the molecule is NNc1nc(Nc2ccccc2)nc(-n2cccn2)c1-c1ccsc1. The predicted octanol–water partition coefficient (Wildman–Crippen LogP) is 3.42. The van der Waals surface area contributed by atoms with E-state index in [0.29, 0.717) is 17.6 Å². The number of nitrogens with two attached hydrogens (primary N) is 1. The molecule has 0 saturated carbocycles. The number of nitrogen functional groups attached to an aromatic ring is 1. The Morgan fingerprint density at radius 2 is 1.92 bits per heavy atom. The molecule has 0 radical (unpaired) electrons. The third-order valence-corrected chi connectivity index (χ3v) is 4.27. The summed E-state index contributed by atoms with van der Waals surface area (Å²) >= 11 is 1.60. The molecule has 0 atom stereocenters. The van der Waals surface area contributed by atoms with E-state index in [9.17, 15) is 0 Å². The summed E-state index contributed by atoms with van der Waals surface area (Å²) in [4.78, 5) is 9.18. The largest absolute Gasteiger partial charge is 0.324 e. The molecule has 8 heteroatoms. The molecule has 0 saturated heterocycles. The predicted molar refractivity (Wildman–Crippen MR) is 100 cm³/mol. The van der Waals surface area contributed by atoms with Crippen LogP contribution in [0.25, 0.3) is 16.9 Å². The van der Waals surface area contributed by atoms with Gasteiger partial charge in [-0.1, -0.05) is 18.2 Å². The maximum atomic E-state index is 5.75. The van der Waals surface area contributed by atoms with Gasteiger partial charge < -0.3 is 10.7 Å². The maximum Gasteiger partial charge on any atom is 0.231 e. The summed E-state index contributed by atoms with van der Waals surface area (Å²) in [5.74, 6) is 7.35. The molecule has 124 valence electrons. The minimum atomic E-state index is 0.434. The first-order valence-corrected chi connectivity index (χ1v) is 8.53. The number of nitrogens with zero attached hydrogens (tertiary/aromatic N) is 4. The fourth-order valence-electron chi connectivity index (χ4n) is 2.49. The van der Waals surface area contributed by atoms with Gasteiger partial charge >= 0.3 is 0 Å². The number of rotatable bonds is 5. The molecular formula is C17H15N7S. The molecule has 0 aliphatic heterocycles. The highest BCUT2D eigenvalue weighted by molar-refractivity contribution is 7.08. The zero-order valence-corrected chi connectivity index (χ0v) is 13.9. The van der Waals surface area contributed by atoms with Crippen LogP contribution in [0.1, 0.15) is 0 Å². The number of hydrogen-bond donors (Lipinski definition) is 3. The normalized spacial score (nSPS) is 10.6. The van der Waals surface area contributed by atoms with Crippen LogP contribution in [0.2, 0.25) is 0 Å². The molecule has 4 rings (SSSR count). The molecule has 0 fully saturated rings. The van der Waals surface area contributed by atoms with Crippen LogP contribution in [0.5, 0.6) is 0 Å². The Kier molecular flexibility index (Phi) is 4.11. The molecule has 0 unspecified atom stereocenters. The molecule has 25 heavy (non-hydrogen) atoms. The maximum absolute atomic E-state index is 5.75. The molecular weight excluding hydrogens is 334 g/mol. The average Bonchev–Trinajstić information content (AvgIpc) is 3.35. The number of aromatic nitrogens is 4. The van der Waals surface area contributed by atoms with Crippen molar-refractivity contribution in [1.82, 2.24) is 19.7 Å². The van der Waals surface area contributed by atoms with Crippen LogP contribution < -0.4 is 16.6 Å². The minimum Gasteiger partial charge on any atom is -0.324 e. The van der Waals surface area contributed by atoms with Gasteiger partial charge in [0.2, 0.25) is 5.95 Å². The fraction of sp³-hybridized carbons (Fsp3) is 0. The standard InChI is InChI=1S/C17H15N7S/c18-23-15-14(12-7-10-25-11-12)16(24-9-4-8-19-24)22-17(21-15)20-13-5-2-1-3-6-13/h1-11H,18H2,(H2,20,21,22,23). The van der Waals surface area contributed by atoms with Gasteiger partial charge in [-0.15, -0.1) is 0 Å². The highest BCUT2D eigenvalue weighted by Crippen LogP contribution is 2.34. The fourth-order valence-corrected chi connectivity index (χ4v) is 3.14. The van der Waals surface area contributed by atoms with Crippen LogP contribution in [0.4, 0.5) is 17.5 Å². The summed E-state index contributed by atoms with van der Waals surface area (Å²) < 4.78 is 1.70. The Hall–Kier alpha value is -3.23. The van der Waals surface area contributed by atoms with E-state index in [4.69, 9.17) is 5.84 Å². The Bertz CT molecular complexity index is 950. The van der Waals surface area contributed by atoms with E-state index < -0.39 is 0 Å². The number of thiophene rings is 1.